The molecule has 2 amide bonds. The zero-order chi connectivity index (χ0) is 21.8. The third-order valence-electron chi connectivity index (χ3n) is 5.18. The van der Waals surface area contributed by atoms with E-state index in [0.717, 1.165) is 23.0 Å². The van der Waals surface area contributed by atoms with Gasteiger partial charge in [0.15, 0.2) is 5.82 Å². The summed E-state index contributed by atoms with van der Waals surface area (Å²) in [4.78, 5) is 25.5. The number of nitrogens with one attached hydrogen (secondary N) is 1. The van der Waals surface area contributed by atoms with Crippen LogP contribution < -0.4 is 15.0 Å². The molecule has 9 heteroatoms. The maximum atomic E-state index is 12.7. The van der Waals surface area contributed by atoms with E-state index in [4.69, 9.17) is 4.74 Å². The summed E-state index contributed by atoms with van der Waals surface area (Å²) in [6.45, 7) is 9.01. The van der Waals surface area contributed by atoms with Crippen LogP contribution in [0.4, 0.5) is 16.3 Å². The highest BCUT2D eigenvalue weighted by molar-refractivity contribution is 5.91. The number of para-hydroxylation sites is 2. The standard InChI is InChI=1S/C22H27N7O2/c1-4-31-19-8-6-5-7-18(19)25-22(30)28-11-9-27(10-12-28)20-14-21(24-15-23-20)29-17(3)13-16(2)26-29/h5-8,13-15H,4,9-12H2,1-3H3,(H,25,30). The van der Waals surface area contributed by atoms with Gasteiger partial charge >= 0.3 is 6.03 Å². The summed E-state index contributed by atoms with van der Waals surface area (Å²) in [5.74, 6) is 2.25. The van der Waals surface area contributed by atoms with Crippen LogP contribution in [0.2, 0.25) is 0 Å². The lowest BCUT2D eigenvalue weighted by atomic mass is 10.3. The van der Waals surface area contributed by atoms with Gasteiger partial charge in [0.1, 0.15) is 17.9 Å². The Hall–Kier alpha value is -3.62. The number of aromatic nitrogens is 4. The van der Waals surface area contributed by atoms with Crippen LogP contribution in [0.1, 0.15) is 18.3 Å². The maximum Gasteiger partial charge on any atom is 0.322 e. The highest BCUT2D eigenvalue weighted by Crippen LogP contribution is 2.24. The van der Waals surface area contributed by atoms with Gasteiger partial charge < -0.3 is 19.9 Å². The van der Waals surface area contributed by atoms with Crippen molar-refractivity contribution in [1.29, 1.82) is 0 Å². The van der Waals surface area contributed by atoms with Gasteiger partial charge in [-0.2, -0.15) is 5.10 Å². The minimum atomic E-state index is -0.127. The smallest absolute Gasteiger partial charge is 0.322 e. The quantitative estimate of drug-likeness (QED) is 0.681. The second kappa shape index (κ2) is 9.03. The number of hydrogen-bond acceptors (Lipinski definition) is 6. The van der Waals surface area contributed by atoms with Crippen LogP contribution >= 0.6 is 0 Å². The van der Waals surface area contributed by atoms with Crippen LogP contribution in [0.5, 0.6) is 5.75 Å². The van der Waals surface area contributed by atoms with Gasteiger partial charge in [0.25, 0.3) is 0 Å². The van der Waals surface area contributed by atoms with Crippen molar-refractivity contribution in [1.82, 2.24) is 24.6 Å². The predicted octanol–water partition coefficient (Wildman–Crippen LogP) is 3.03. The van der Waals surface area contributed by atoms with Crippen LogP contribution in [-0.2, 0) is 0 Å². The van der Waals surface area contributed by atoms with E-state index >= 15 is 0 Å². The van der Waals surface area contributed by atoms with Crippen molar-refractivity contribution in [2.45, 2.75) is 20.8 Å². The monoisotopic (exact) mass is 421 g/mol. The first-order valence-corrected chi connectivity index (χ1v) is 10.4. The first-order chi connectivity index (χ1) is 15.0. The van der Waals surface area contributed by atoms with Crippen molar-refractivity contribution in [3.05, 3.63) is 54.1 Å². The summed E-state index contributed by atoms with van der Waals surface area (Å²) in [7, 11) is 0. The van der Waals surface area contributed by atoms with Crippen molar-refractivity contribution >= 4 is 17.5 Å². The predicted molar refractivity (Wildman–Crippen MR) is 119 cm³/mol. The Morgan fingerprint density at radius 3 is 2.52 bits per heavy atom. The third-order valence-corrected chi connectivity index (χ3v) is 5.18. The topological polar surface area (TPSA) is 88.4 Å². The van der Waals surface area contributed by atoms with Gasteiger partial charge in [-0.25, -0.2) is 19.4 Å². The fourth-order valence-electron chi connectivity index (χ4n) is 3.67. The Bertz CT molecular complexity index is 1060. The molecule has 0 spiro atoms. The number of anilines is 2. The average Bonchev–Trinajstić information content (AvgIpc) is 3.13. The highest BCUT2D eigenvalue weighted by Gasteiger charge is 2.23. The lowest BCUT2D eigenvalue weighted by Crippen LogP contribution is -2.50. The molecule has 0 radical (unpaired) electrons. The van der Waals surface area contributed by atoms with Gasteiger partial charge in [0, 0.05) is 37.9 Å². The number of nitrogens with zero attached hydrogens (tertiary/aromatic N) is 6. The van der Waals surface area contributed by atoms with E-state index in [1.807, 2.05) is 66.8 Å². The van der Waals surface area contributed by atoms with E-state index in [9.17, 15) is 4.79 Å². The summed E-state index contributed by atoms with van der Waals surface area (Å²) in [6, 6.07) is 11.3. The zero-order valence-corrected chi connectivity index (χ0v) is 18.1. The number of ether oxygens (including phenoxy) is 1. The summed E-state index contributed by atoms with van der Waals surface area (Å²) >= 11 is 0. The SMILES string of the molecule is CCOc1ccccc1NC(=O)N1CCN(c2cc(-n3nc(C)cc3C)ncn2)CC1. The van der Waals surface area contributed by atoms with E-state index in [1.54, 1.807) is 6.33 Å². The molecule has 0 unspecified atom stereocenters. The molecule has 0 saturated carbocycles. The first-order valence-electron chi connectivity index (χ1n) is 10.4. The van der Waals surface area contributed by atoms with Crippen molar-refractivity contribution < 1.29 is 9.53 Å². The minimum Gasteiger partial charge on any atom is -0.492 e. The number of piperazine rings is 1. The van der Waals surface area contributed by atoms with Gasteiger partial charge in [-0.3, -0.25) is 0 Å². The molecule has 1 saturated heterocycles. The van der Waals surface area contributed by atoms with Crippen LogP contribution in [0.3, 0.4) is 0 Å². The van der Waals surface area contributed by atoms with Crippen molar-refractivity contribution in [2.75, 3.05) is 43.0 Å². The molecule has 0 bridgehead atoms. The zero-order valence-electron chi connectivity index (χ0n) is 18.1. The number of carbonyl (C=O) groups is 1. The fraction of sp³-hybridized carbons (Fsp3) is 0.364. The number of rotatable bonds is 5. The molecule has 1 aromatic carbocycles. The number of carbonyl (C=O) groups excluding carboxylic acids is 1. The third kappa shape index (κ3) is 4.60. The Balaban J connectivity index is 1.39. The largest absolute Gasteiger partial charge is 0.492 e. The Morgan fingerprint density at radius 1 is 1.06 bits per heavy atom. The second-order valence-corrected chi connectivity index (χ2v) is 7.41. The van der Waals surface area contributed by atoms with Crippen LogP contribution in [0, 0.1) is 13.8 Å². The Morgan fingerprint density at radius 2 is 1.81 bits per heavy atom. The molecule has 4 rings (SSSR count). The molecule has 31 heavy (non-hydrogen) atoms. The second-order valence-electron chi connectivity index (χ2n) is 7.41. The highest BCUT2D eigenvalue weighted by atomic mass is 16.5. The van der Waals surface area contributed by atoms with E-state index in [1.165, 1.54) is 0 Å². The molecule has 1 aliphatic rings. The first kappa shape index (κ1) is 20.6. The number of urea groups is 1. The summed E-state index contributed by atoms with van der Waals surface area (Å²) in [6.07, 6.45) is 1.56. The van der Waals surface area contributed by atoms with Crippen LogP contribution in [-0.4, -0.2) is 63.5 Å². The maximum absolute atomic E-state index is 12.7. The summed E-state index contributed by atoms with van der Waals surface area (Å²) in [5, 5.41) is 7.46. The molecule has 9 nitrogen and oxygen atoms in total. The molecule has 0 atom stereocenters. The molecule has 0 aliphatic carbocycles. The van der Waals surface area contributed by atoms with Gasteiger partial charge in [-0.15, -0.1) is 0 Å². The fourth-order valence-corrected chi connectivity index (χ4v) is 3.67. The van der Waals surface area contributed by atoms with Crippen molar-refractivity contribution in [2.24, 2.45) is 0 Å². The van der Waals surface area contributed by atoms with Crippen molar-refractivity contribution in [3.63, 3.8) is 0 Å². The van der Waals surface area contributed by atoms with Crippen LogP contribution in [0.25, 0.3) is 5.82 Å². The Kier molecular flexibility index (Phi) is 6.01. The number of hydrogen-bond donors (Lipinski definition) is 1. The van der Waals surface area contributed by atoms with Gasteiger partial charge in [0.2, 0.25) is 0 Å². The molecule has 1 aliphatic heterocycles. The lowest BCUT2D eigenvalue weighted by molar-refractivity contribution is 0.208. The number of aryl methyl sites for hydroxylation is 2. The molecule has 2 aromatic heterocycles. The normalized spacial score (nSPS) is 13.9. The summed E-state index contributed by atoms with van der Waals surface area (Å²) < 4.78 is 7.41. The van der Waals surface area contributed by atoms with E-state index in [2.05, 4.69) is 25.3 Å². The minimum absolute atomic E-state index is 0.127. The van der Waals surface area contributed by atoms with Crippen LogP contribution in [0.15, 0.2) is 42.7 Å². The van der Waals surface area contributed by atoms with Gasteiger partial charge in [-0.05, 0) is 39.0 Å². The number of benzene rings is 1. The molecule has 1 N–H and O–H groups in total. The summed E-state index contributed by atoms with van der Waals surface area (Å²) in [5.41, 5.74) is 2.65. The lowest BCUT2D eigenvalue weighted by Gasteiger charge is -2.35. The molecule has 1 fully saturated rings. The van der Waals surface area contributed by atoms with Gasteiger partial charge in [-0.1, -0.05) is 12.1 Å². The van der Waals surface area contributed by atoms with Gasteiger partial charge in [0.05, 0.1) is 18.0 Å². The Labute approximate surface area is 181 Å². The van der Waals surface area contributed by atoms with E-state index in [-0.39, 0.29) is 6.03 Å². The average molecular weight is 422 g/mol. The molecule has 3 aromatic rings. The van der Waals surface area contributed by atoms with E-state index < -0.39 is 0 Å². The molecule has 3 heterocycles. The van der Waals surface area contributed by atoms with Crippen molar-refractivity contribution in [3.8, 4) is 11.6 Å². The number of amides is 2. The van der Waals surface area contributed by atoms with E-state index in [0.29, 0.717) is 44.2 Å². The molecular formula is C22H27N7O2. The molecule has 162 valence electrons. The molecular weight excluding hydrogens is 394 g/mol.